The van der Waals surface area contributed by atoms with Crippen LogP contribution in [0.25, 0.3) is 5.13 Å². The van der Waals surface area contributed by atoms with Crippen LogP contribution in [0.5, 0.6) is 0 Å². The van der Waals surface area contributed by atoms with Crippen molar-refractivity contribution in [1.82, 2.24) is 14.8 Å². The number of nitrogens with one attached hydrogen (secondary N) is 2. The Hall–Kier alpha value is -2.71. The Morgan fingerprint density at radius 2 is 2.04 bits per heavy atom. The van der Waals surface area contributed by atoms with Crippen LogP contribution < -0.4 is 10.6 Å². The van der Waals surface area contributed by atoms with E-state index in [4.69, 9.17) is 11.6 Å². The van der Waals surface area contributed by atoms with Crippen LogP contribution in [0, 0.1) is 6.92 Å². The largest absolute Gasteiger partial charge is 0.317 e. The molecule has 7 nitrogen and oxygen atoms in total. The van der Waals surface area contributed by atoms with Crippen LogP contribution in [0.1, 0.15) is 5.56 Å². The molecule has 0 aliphatic carbocycles. The van der Waals surface area contributed by atoms with E-state index < -0.39 is 11.8 Å². The van der Waals surface area contributed by atoms with E-state index in [0.29, 0.717) is 21.5 Å². The Labute approximate surface area is 146 Å². The first-order valence-electron chi connectivity index (χ1n) is 6.86. The Bertz CT molecular complexity index is 891. The van der Waals surface area contributed by atoms with Gasteiger partial charge in [-0.1, -0.05) is 17.7 Å². The second kappa shape index (κ2) is 6.81. The molecule has 0 bridgehead atoms. The lowest BCUT2D eigenvalue weighted by molar-refractivity contribution is -0.133. The highest BCUT2D eigenvalue weighted by molar-refractivity contribution is 7.12. The van der Waals surface area contributed by atoms with Gasteiger partial charge in [-0.15, -0.1) is 11.3 Å². The summed E-state index contributed by atoms with van der Waals surface area (Å²) in [6.07, 6.45) is 4.67. The molecule has 0 saturated carbocycles. The number of hydrogen-bond acceptors (Lipinski definition) is 5. The number of rotatable bonds is 3. The van der Waals surface area contributed by atoms with Crippen molar-refractivity contribution in [3.8, 4) is 5.13 Å². The summed E-state index contributed by atoms with van der Waals surface area (Å²) in [6.45, 7) is 1.81. The zero-order valence-electron chi connectivity index (χ0n) is 12.5. The van der Waals surface area contributed by atoms with Gasteiger partial charge in [-0.2, -0.15) is 5.10 Å². The van der Waals surface area contributed by atoms with Crippen LogP contribution >= 0.6 is 22.9 Å². The Morgan fingerprint density at radius 1 is 1.25 bits per heavy atom. The number of benzene rings is 1. The minimum Gasteiger partial charge on any atom is -0.317 e. The maximum absolute atomic E-state index is 12.0. The lowest BCUT2D eigenvalue weighted by atomic mass is 10.2. The first-order valence-corrected chi connectivity index (χ1v) is 8.12. The topological polar surface area (TPSA) is 88.9 Å². The molecule has 0 aliphatic rings. The van der Waals surface area contributed by atoms with Crippen molar-refractivity contribution >= 4 is 46.1 Å². The first-order chi connectivity index (χ1) is 11.5. The van der Waals surface area contributed by atoms with Crippen molar-refractivity contribution in [2.75, 3.05) is 10.6 Å². The van der Waals surface area contributed by atoms with Crippen LogP contribution in [0.4, 0.5) is 11.4 Å². The standard InChI is InChI=1S/C15H12ClN5O2S/c1-9-2-3-10(16)6-12(9)20-14(23)13(22)19-11-7-18-21(8-11)15-17-4-5-24-15/h2-8H,1H3,(H,19,22)(H,20,23). The summed E-state index contributed by atoms with van der Waals surface area (Å²) in [7, 11) is 0. The Balaban J connectivity index is 1.66. The molecule has 2 N–H and O–H groups in total. The van der Waals surface area contributed by atoms with Crippen LogP contribution in [0.2, 0.25) is 5.02 Å². The van der Waals surface area contributed by atoms with E-state index in [9.17, 15) is 9.59 Å². The zero-order chi connectivity index (χ0) is 17.1. The molecule has 2 heterocycles. The van der Waals surface area contributed by atoms with Gasteiger partial charge in [0, 0.05) is 22.3 Å². The normalized spacial score (nSPS) is 10.4. The monoisotopic (exact) mass is 361 g/mol. The maximum Gasteiger partial charge on any atom is 0.314 e. The number of aryl methyl sites for hydroxylation is 1. The highest BCUT2D eigenvalue weighted by Crippen LogP contribution is 2.20. The average Bonchev–Trinajstić information content (AvgIpc) is 3.21. The van der Waals surface area contributed by atoms with Crippen molar-refractivity contribution in [3.05, 3.63) is 52.8 Å². The van der Waals surface area contributed by atoms with Crippen molar-refractivity contribution in [2.24, 2.45) is 0 Å². The minimum absolute atomic E-state index is 0.396. The number of anilines is 2. The fourth-order valence-corrected chi connectivity index (χ4v) is 2.66. The molecule has 2 aromatic heterocycles. The third-order valence-electron chi connectivity index (χ3n) is 3.11. The van der Waals surface area contributed by atoms with E-state index in [2.05, 4.69) is 20.7 Å². The third kappa shape index (κ3) is 3.61. The lowest BCUT2D eigenvalue weighted by Crippen LogP contribution is -2.29. The van der Waals surface area contributed by atoms with E-state index in [1.165, 1.54) is 22.2 Å². The van der Waals surface area contributed by atoms with Crippen LogP contribution in [-0.4, -0.2) is 26.6 Å². The van der Waals surface area contributed by atoms with E-state index in [-0.39, 0.29) is 0 Å². The average molecular weight is 362 g/mol. The summed E-state index contributed by atoms with van der Waals surface area (Å²) in [5, 5.41) is 12.1. The molecule has 3 aromatic rings. The molecular formula is C15H12ClN5O2S. The molecule has 0 unspecified atom stereocenters. The number of nitrogens with zero attached hydrogens (tertiary/aromatic N) is 3. The molecule has 0 spiro atoms. The molecule has 9 heteroatoms. The Morgan fingerprint density at radius 3 is 2.79 bits per heavy atom. The van der Waals surface area contributed by atoms with E-state index in [1.54, 1.807) is 30.6 Å². The summed E-state index contributed by atoms with van der Waals surface area (Å²) in [5.41, 5.74) is 1.69. The lowest BCUT2D eigenvalue weighted by Gasteiger charge is -2.08. The molecular weight excluding hydrogens is 350 g/mol. The summed E-state index contributed by atoms with van der Waals surface area (Å²) >= 11 is 7.30. The minimum atomic E-state index is -0.798. The predicted molar refractivity (Wildman–Crippen MR) is 92.7 cm³/mol. The van der Waals surface area contributed by atoms with Crippen molar-refractivity contribution in [1.29, 1.82) is 0 Å². The third-order valence-corrected chi connectivity index (χ3v) is 4.11. The number of halogens is 1. The van der Waals surface area contributed by atoms with Gasteiger partial charge in [0.05, 0.1) is 18.1 Å². The van der Waals surface area contributed by atoms with Crippen LogP contribution in [0.3, 0.4) is 0 Å². The second-order valence-electron chi connectivity index (χ2n) is 4.86. The smallest absolute Gasteiger partial charge is 0.314 e. The number of amides is 2. The number of aromatic nitrogens is 3. The summed E-state index contributed by atoms with van der Waals surface area (Å²) in [6, 6.07) is 5.05. The number of carbonyl (C=O) groups is 2. The van der Waals surface area contributed by atoms with Gasteiger partial charge < -0.3 is 10.6 Å². The maximum atomic E-state index is 12.0. The Kier molecular flexibility index (Phi) is 4.59. The highest BCUT2D eigenvalue weighted by Gasteiger charge is 2.16. The molecule has 122 valence electrons. The molecule has 0 radical (unpaired) electrons. The first kappa shape index (κ1) is 16.2. The van der Waals surface area contributed by atoms with Gasteiger partial charge in [-0.05, 0) is 24.6 Å². The van der Waals surface area contributed by atoms with Gasteiger partial charge in [-0.3, -0.25) is 9.59 Å². The van der Waals surface area contributed by atoms with Gasteiger partial charge in [0.25, 0.3) is 0 Å². The predicted octanol–water partition coefficient (Wildman–Crippen LogP) is 2.87. The second-order valence-corrected chi connectivity index (χ2v) is 6.17. The van der Waals surface area contributed by atoms with Crippen LogP contribution in [0.15, 0.2) is 42.2 Å². The van der Waals surface area contributed by atoms with Gasteiger partial charge in [-0.25, -0.2) is 9.67 Å². The van der Waals surface area contributed by atoms with Gasteiger partial charge >= 0.3 is 11.8 Å². The van der Waals surface area contributed by atoms with Gasteiger partial charge in [0.2, 0.25) is 5.13 Å². The fraction of sp³-hybridized carbons (Fsp3) is 0.0667. The number of carbonyl (C=O) groups excluding carboxylic acids is 2. The van der Waals surface area contributed by atoms with Crippen molar-refractivity contribution in [2.45, 2.75) is 6.92 Å². The molecule has 0 aliphatic heterocycles. The zero-order valence-corrected chi connectivity index (χ0v) is 14.1. The van der Waals surface area contributed by atoms with Crippen molar-refractivity contribution < 1.29 is 9.59 Å². The van der Waals surface area contributed by atoms with E-state index >= 15 is 0 Å². The van der Waals surface area contributed by atoms with E-state index in [0.717, 1.165) is 5.56 Å². The quantitative estimate of drug-likeness (QED) is 0.702. The summed E-state index contributed by atoms with van der Waals surface area (Å²) in [5.74, 6) is -1.59. The summed E-state index contributed by atoms with van der Waals surface area (Å²) < 4.78 is 1.51. The molecule has 24 heavy (non-hydrogen) atoms. The summed E-state index contributed by atoms with van der Waals surface area (Å²) in [4.78, 5) is 28.1. The van der Waals surface area contributed by atoms with Crippen molar-refractivity contribution in [3.63, 3.8) is 0 Å². The molecule has 1 aromatic carbocycles. The van der Waals surface area contributed by atoms with Gasteiger partial charge in [0.15, 0.2) is 0 Å². The molecule has 0 fully saturated rings. The molecule has 2 amide bonds. The van der Waals surface area contributed by atoms with Gasteiger partial charge in [0.1, 0.15) is 0 Å². The SMILES string of the molecule is Cc1ccc(Cl)cc1NC(=O)C(=O)Nc1cnn(-c2nccs2)c1. The molecule has 0 atom stereocenters. The van der Waals surface area contributed by atoms with E-state index in [1.807, 2.05) is 12.3 Å². The molecule has 0 saturated heterocycles. The van der Waals surface area contributed by atoms with Crippen LogP contribution in [-0.2, 0) is 9.59 Å². The fourth-order valence-electron chi connectivity index (χ4n) is 1.92. The number of hydrogen-bond donors (Lipinski definition) is 2. The highest BCUT2D eigenvalue weighted by atomic mass is 35.5. The number of thiazole rings is 1. The molecule has 3 rings (SSSR count).